The molecule has 0 bridgehead atoms. The SMILES string of the molecule is ClC(Cl)(Cl)CC1CCCCCC1. The lowest BCUT2D eigenvalue weighted by Gasteiger charge is -2.18. The normalized spacial score (nSPS) is 22.2. The van der Waals surface area contributed by atoms with Gasteiger partial charge in [-0.1, -0.05) is 73.3 Å². The quantitative estimate of drug-likeness (QED) is 0.451. The summed E-state index contributed by atoms with van der Waals surface area (Å²) in [6.07, 6.45) is 8.56. The molecule has 0 unspecified atom stereocenters. The second-order valence-electron chi connectivity index (χ2n) is 3.68. The van der Waals surface area contributed by atoms with Crippen LogP contribution in [-0.4, -0.2) is 3.79 Å². The van der Waals surface area contributed by atoms with E-state index in [0.717, 1.165) is 6.42 Å². The zero-order valence-corrected chi connectivity index (χ0v) is 9.43. The molecule has 1 saturated carbocycles. The van der Waals surface area contributed by atoms with E-state index in [-0.39, 0.29) is 0 Å². The van der Waals surface area contributed by atoms with Gasteiger partial charge in [-0.2, -0.15) is 0 Å². The Balaban J connectivity index is 2.30. The van der Waals surface area contributed by atoms with Gasteiger partial charge in [0.15, 0.2) is 3.79 Å². The van der Waals surface area contributed by atoms with E-state index in [4.69, 9.17) is 34.8 Å². The molecule has 0 saturated heterocycles. The fourth-order valence-corrected chi connectivity index (χ4v) is 2.55. The van der Waals surface area contributed by atoms with Crippen molar-refractivity contribution in [2.24, 2.45) is 5.92 Å². The molecule has 0 spiro atoms. The average Bonchev–Trinajstić information content (AvgIpc) is 2.12. The van der Waals surface area contributed by atoms with Gasteiger partial charge in [0.1, 0.15) is 0 Å². The van der Waals surface area contributed by atoms with Crippen LogP contribution in [0.5, 0.6) is 0 Å². The number of hydrogen-bond acceptors (Lipinski definition) is 0. The van der Waals surface area contributed by atoms with Crippen molar-refractivity contribution in [3.63, 3.8) is 0 Å². The lowest BCUT2D eigenvalue weighted by atomic mass is 9.97. The minimum Gasteiger partial charge on any atom is -0.0837 e. The Hall–Kier alpha value is 0.870. The molecule has 0 nitrogen and oxygen atoms in total. The molecule has 1 aliphatic carbocycles. The minimum atomic E-state index is -1.03. The molecule has 0 aliphatic heterocycles. The minimum absolute atomic E-state index is 0.639. The zero-order valence-electron chi connectivity index (χ0n) is 7.16. The van der Waals surface area contributed by atoms with Crippen molar-refractivity contribution in [3.8, 4) is 0 Å². The van der Waals surface area contributed by atoms with Gasteiger partial charge in [0, 0.05) is 0 Å². The fourth-order valence-electron chi connectivity index (χ4n) is 1.90. The fraction of sp³-hybridized carbons (Fsp3) is 1.00. The molecule has 0 amide bonds. The van der Waals surface area contributed by atoms with E-state index in [9.17, 15) is 0 Å². The molecule has 12 heavy (non-hydrogen) atoms. The van der Waals surface area contributed by atoms with E-state index in [2.05, 4.69) is 0 Å². The maximum atomic E-state index is 5.75. The van der Waals surface area contributed by atoms with Gasteiger partial charge in [-0.05, 0) is 12.3 Å². The van der Waals surface area contributed by atoms with E-state index >= 15 is 0 Å². The van der Waals surface area contributed by atoms with Crippen LogP contribution in [0.3, 0.4) is 0 Å². The van der Waals surface area contributed by atoms with E-state index < -0.39 is 3.79 Å². The van der Waals surface area contributed by atoms with E-state index in [1.807, 2.05) is 0 Å². The largest absolute Gasteiger partial charge is 0.190 e. The molecular weight excluding hydrogens is 214 g/mol. The first-order chi connectivity index (χ1) is 5.58. The van der Waals surface area contributed by atoms with Gasteiger partial charge in [-0.15, -0.1) is 0 Å². The Morgan fingerprint density at radius 2 is 1.42 bits per heavy atom. The molecule has 0 atom stereocenters. The molecule has 0 N–H and O–H groups in total. The van der Waals surface area contributed by atoms with Gasteiger partial charge in [0.2, 0.25) is 0 Å². The third-order valence-electron chi connectivity index (χ3n) is 2.49. The predicted molar refractivity (Wildman–Crippen MR) is 56.1 cm³/mol. The highest BCUT2D eigenvalue weighted by Crippen LogP contribution is 2.38. The summed E-state index contributed by atoms with van der Waals surface area (Å²) >= 11 is 17.3. The molecule has 1 fully saturated rings. The first kappa shape index (κ1) is 10.9. The highest BCUT2D eigenvalue weighted by Gasteiger charge is 2.25. The Morgan fingerprint density at radius 3 is 1.83 bits per heavy atom. The number of rotatable bonds is 1. The lowest BCUT2D eigenvalue weighted by Crippen LogP contribution is -2.11. The molecular formula is C9H15Cl3. The van der Waals surface area contributed by atoms with Crippen molar-refractivity contribution in [1.82, 2.24) is 0 Å². The van der Waals surface area contributed by atoms with Crippen molar-refractivity contribution >= 4 is 34.8 Å². The van der Waals surface area contributed by atoms with Gasteiger partial charge < -0.3 is 0 Å². The summed E-state index contributed by atoms with van der Waals surface area (Å²) in [7, 11) is 0. The van der Waals surface area contributed by atoms with Crippen molar-refractivity contribution < 1.29 is 0 Å². The lowest BCUT2D eigenvalue weighted by molar-refractivity contribution is 0.433. The first-order valence-electron chi connectivity index (χ1n) is 4.65. The molecule has 3 heteroatoms. The standard InChI is InChI=1S/C9H15Cl3/c10-9(11,12)7-8-5-3-1-2-4-6-8/h8H,1-7H2. The van der Waals surface area contributed by atoms with Crippen LogP contribution < -0.4 is 0 Å². The second kappa shape index (κ2) is 4.93. The molecule has 0 aromatic carbocycles. The van der Waals surface area contributed by atoms with Gasteiger partial charge >= 0.3 is 0 Å². The average molecular weight is 230 g/mol. The van der Waals surface area contributed by atoms with E-state index in [1.165, 1.54) is 38.5 Å². The van der Waals surface area contributed by atoms with Crippen LogP contribution in [-0.2, 0) is 0 Å². The first-order valence-corrected chi connectivity index (χ1v) is 5.78. The van der Waals surface area contributed by atoms with Crippen LogP contribution in [0.25, 0.3) is 0 Å². The smallest absolute Gasteiger partial charge is 0.0837 e. The topological polar surface area (TPSA) is 0 Å². The number of halogens is 3. The number of alkyl halides is 3. The molecule has 72 valence electrons. The third kappa shape index (κ3) is 4.79. The summed E-state index contributed by atoms with van der Waals surface area (Å²) in [6.45, 7) is 0. The summed E-state index contributed by atoms with van der Waals surface area (Å²) in [5, 5.41) is 0. The van der Waals surface area contributed by atoms with Gasteiger partial charge in [0.25, 0.3) is 0 Å². The molecule has 0 aromatic rings. The van der Waals surface area contributed by atoms with Crippen LogP contribution in [0, 0.1) is 5.92 Å². The predicted octanol–water partition coefficient (Wildman–Crippen LogP) is 4.72. The van der Waals surface area contributed by atoms with Gasteiger partial charge in [-0.3, -0.25) is 0 Å². The van der Waals surface area contributed by atoms with Crippen LogP contribution in [0.15, 0.2) is 0 Å². The Labute approximate surface area is 89.6 Å². The van der Waals surface area contributed by atoms with Crippen LogP contribution in [0.1, 0.15) is 44.9 Å². The maximum Gasteiger partial charge on any atom is 0.190 e. The zero-order chi connectivity index (χ0) is 9.03. The molecule has 0 radical (unpaired) electrons. The third-order valence-corrected chi connectivity index (χ3v) is 2.96. The highest BCUT2D eigenvalue weighted by atomic mass is 35.6. The van der Waals surface area contributed by atoms with E-state index in [0.29, 0.717) is 5.92 Å². The summed E-state index contributed by atoms with van der Waals surface area (Å²) < 4.78 is -1.03. The molecule has 1 aliphatic rings. The van der Waals surface area contributed by atoms with Crippen molar-refractivity contribution in [2.45, 2.75) is 48.7 Å². The van der Waals surface area contributed by atoms with Crippen LogP contribution in [0.4, 0.5) is 0 Å². The Bertz CT molecular complexity index is 120. The monoisotopic (exact) mass is 228 g/mol. The van der Waals surface area contributed by atoms with Crippen LogP contribution >= 0.6 is 34.8 Å². The molecule has 0 aromatic heterocycles. The van der Waals surface area contributed by atoms with Crippen molar-refractivity contribution in [2.75, 3.05) is 0 Å². The summed E-state index contributed by atoms with van der Waals surface area (Å²) in [6, 6.07) is 0. The summed E-state index contributed by atoms with van der Waals surface area (Å²) in [5.41, 5.74) is 0. The summed E-state index contributed by atoms with van der Waals surface area (Å²) in [5.74, 6) is 0.639. The van der Waals surface area contributed by atoms with Crippen molar-refractivity contribution in [3.05, 3.63) is 0 Å². The second-order valence-corrected chi connectivity index (χ2v) is 6.19. The Kier molecular flexibility index (Phi) is 4.50. The molecule has 1 rings (SSSR count). The van der Waals surface area contributed by atoms with Crippen molar-refractivity contribution in [1.29, 1.82) is 0 Å². The highest BCUT2D eigenvalue weighted by molar-refractivity contribution is 6.67. The molecule has 0 heterocycles. The van der Waals surface area contributed by atoms with E-state index in [1.54, 1.807) is 0 Å². The van der Waals surface area contributed by atoms with Crippen LogP contribution in [0.2, 0.25) is 0 Å². The van der Waals surface area contributed by atoms with Gasteiger partial charge in [0.05, 0.1) is 0 Å². The maximum absolute atomic E-state index is 5.75. The Morgan fingerprint density at radius 1 is 0.917 bits per heavy atom. The summed E-state index contributed by atoms with van der Waals surface area (Å²) in [4.78, 5) is 0. The number of hydrogen-bond donors (Lipinski definition) is 0. The van der Waals surface area contributed by atoms with Gasteiger partial charge in [-0.25, -0.2) is 0 Å².